The smallest absolute Gasteiger partial charge is 0.255 e. The average Bonchev–Trinajstić information content (AvgIpc) is 2.79. The van der Waals surface area contributed by atoms with Gasteiger partial charge in [-0.1, -0.05) is 47.5 Å². The van der Waals surface area contributed by atoms with Gasteiger partial charge in [0.05, 0.1) is 17.6 Å². The van der Waals surface area contributed by atoms with Gasteiger partial charge in [0.15, 0.2) is 0 Å². The molecule has 6 nitrogen and oxygen atoms in total. The number of hydrogen-bond acceptors (Lipinski definition) is 4. The molecule has 3 aromatic carbocycles. The van der Waals surface area contributed by atoms with Crippen molar-refractivity contribution in [2.45, 2.75) is 17.9 Å². The fourth-order valence-corrected chi connectivity index (χ4v) is 4.29. The lowest BCUT2D eigenvalue weighted by Crippen LogP contribution is -2.26. The van der Waals surface area contributed by atoms with E-state index >= 15 is 0 Å². The van der Waals surface area contributed by atoms with Crippen molar-refractivity contribution in [3.05, 3.63) is 93.5 Å². The van der Waals surface area contributed by atoms with Gasteiger partial charge in [0, 0.05) is 23.1 Å². The first-order valence-corrected chi connectivity index (χ1v) is 12.0. The summed E-state index contributed by atoms with van der Waals surface area (Å²) in [7, 11) is -2.16. The van der Waals surface area contributed by atoms with Crippen LogP contribution in [0.2, 0.25) is 10.0 Å². The van der Waals surface area contributed by atoms with Gasteiger partial charge in [0.25, 0.3) is 5.91 Å². The molecule has 0 aliphatic heterocycles. The first-order valence-electron chi connectivity index (χ1n) is 9.73. The molecule has 0 fully saturated rings. The second kappa shape index (κ2) is 10.8. The number of rotatable bonds is 9. The molecule has 3 aromatic rings. The van der Waals surface area contributed by atoms with Gasteiger partial charge in [-0.05, 0) is 60.0 Å². The summed E-state index contributed by atoms with van der Waals surface area (Å²) in [6.45, 7) is 0.537. The van der Waals surface area contributed by atoms with Crippen LogP contribution in [0, 0.1) is 0 Å². The van der Waals surface area contributed by atoms with Crippen LogP contribution in [0.4, 0.5) is 0 Å². The molecule has 0 aromatic heterocycles. The number of nitrogens with one attached hydrogen (secondary N) is 2. The van der Waals surface area contributed by atoms with Gasteiger partial charge in [-0.25, -0.2) is 13.1 Å². The standard InChI is InChI=1S/C23H22Cl2N2O4S/c1-31-22-11-8-19(25)14-21(22)23(28)26-13-12-16-4-9-20(10-5-16)32(29,30)27-15-17-2-6-18(24)7-3-17/h2-11,14,27H,12-13,15H2,1H3,(H,26,28). The zero-order valence-electron chi connectivity index (χ0n) is 17.3. The van der Waals surface area contributed by atoms with E-state index in [-0.39, 0.29) is 17.3 Å². The highest BCUT2D eigenvalue weighted by atomic mass is 35.5. The lowest BCUT2D eigenvalue weighted by molar-refractivity contribution is 0.0951. The predicted octanol–water partition coefficient (Wildman–Crippen LogP) is 4.45. The Labute approximate surface area is 197 Å². The Morgan fingerprint density at radius 1 is 0.906 bits per heavy atom. The Bertz CT molecular complexity index is 1180. The summed E-state index contributed by atoms with van der Waals surface area (Å²) in [5.41, 5.74) is 2.05. The lowest BCUT2D eigenvalue weighted by Gasteiger charge is -2.10. The quantitative estimate of drug-likeness (QED) is 0.461. The molecule has 0 saturated heterocycles. The van der Waals surface area contributed by atoms with Crippen molar-refractivity contribution in [1.29, 1.82) is 0 Å². The third-order valence-corrected chi connectivity index (χ3v) is 6.62. The summed E-state index contributed by atoms with van der Waals surface area (Å²) in [4.78, 5) is 12.6. The Balaban J connectivity index is 1.54. The molecule has 0 bridgehead atoms. The first-order chi connectivity index (χ1) is 15.3. The molecule has 32 heavy (non-hydrogen) atoms. The summed E-state index contributed by atoms with van der Waals surface area (Å²) in [6, 6.07) is 18.3. The number of ether oxygens (including phenoxy) is 1. The van der Waals surface area contributed by atoms with E-state index in [0.717, 1.165) is 11.1 Å². The van der Waals surface area contributed by atoms with Crippen LogP contribution in [-0.2, 0) is 23.0 Å². The van der Waals surface area contributed by atoms with Crippen molar-refractivity contribution < 1.29 is 17.9 Å². The summed E-state index contributed by atoms with van der Waals surface area (Å²) < 4.78 is 32.8. The summed E-state index contributed by atoms with van der Waals surface area (Å²) in [6.07, 6.45) is 0.535. The number of methoxy groups -OCH3 is 1. The highest BCUT2D eigenvalue weighted by molar-refractivity contribution is 7.89. The van der Waals surface area contributed by atoms with E-state index < -0.39 is 10.0 Å². The second-order valence-electron chi connectivity index (χ2n) is 6.95. The summed E-state index contributed by atoms with van der Waals surface area (Å²) >= 11 is 11.8. The Hall–Kier alpha value is -2.58. The van der Waals surface area contributed by atoms with Crippen LogP contribution < -0.4 is 14.8 Å². The van der Waals surface area contributed by atoms with Gasteiger partial charge in [0.1, 0.15) is 5.75 Å². The van der Waals surface area contributed by atoms with E-state index in [2.05, 4.69) is 10.0 Å². The van der Waals surface area contributed by atoms with Crippen LogP contribution in [0.25, 0.3) is 0 Å². The highest BCUT2D eigenvalue weighted by Gasteiger charge is 2.14. The zero-order valence-corrected chi connectivity index (χ0v) is 19.6. The number of amides is 1. The number of carbonyl (C=O) groups excluding carboxylic acids is 1. The maximum absolute atomic E-state index is 12.5. The second-order valence-corrected chi connectivity index (χ2v) is 9.59. The number of carbonyl (C=O) groups is 1. The Morgan fingerprint density at radius 3 is 2.19 bits per heavy atom. The number of halogens is 2. The molecule has 9 heteroatoms. The van der Waals surface area contributed by atoms with Crippen molar-refractivity contribution in [2.75, 3.05) is 13.7 Å². The molecule has 0 aliphatic carbocycles. The maximum atomic E-state index is 12.5. The van der Waals surface area contributed by atoms with Crippen molar-refractivity contribution in [1.82, 2.24) is 10.0 Å². The van der Waals surface area contributed by atoms with Crippen LogP contribution in [0.15, 0.2) is 71.6 Å². The minimum atomic E-state index is -3.65. The molecular formula is C23H22Cl2N2O4S. The number of benzene rings is 3. The molecule has 168 valence electrons. The normalized spacial score (nSPS) is 11.2. The van der Waals surface area contributed by atoms with E-state index in [9.17, 15) is 13.2 Å². The molecular weight excluding hydrogens is 471 g/mol. The van der Waals surface area contributed by atoms with Crippen LogP contribution in [-0.4, -0.2) is 28.0 Å². The van der Waals surface area contributed by atoms with E-state index in [1.165, 1.54) is 7.11 Å². The lowest BCUT2D eigenvalue weighted by atomic mass is 10.1. The monoisotopic (exact) mass is 492 g/mol. The molecule has 2 N–H and O–H groups in total. The van der Waals surface area contributed by atoms with E-state index in [1.54, 1.807) is 66.7 Å². The van der Waals surface area contributed by atoms with E-state index in [1.807, 2.05) is 0 Å². The zero-order chi connectivity index (χ0) is 23.1. The molecule has 0 spiro atoms. The number of hydrogen-bond donors (Lipinski definition) is 2. The van der Waals surface area contributed by atoms with Crippen molar-refractivity contribution in [3.63, 3.8) is 0 Å². The van der Waals surface area contributed by atoms with Gasteiger partial charge in [-0.15, -0.1) is 0 Å². The van der Waals surface area contributed by atoms with Crippen LogP contribution in [0.1, 0.15) is 21.5 Å². The highest BCUT2D eigenvalue weighted by Crippen LogP contribution is 2.22. The van der Waals surface area contributed by atoms with Gasteiger partial charge in [-0.2, -0.15) is 0 Å². The third kappa shape index (κ3) is 6.46. The van der Waals surface area contributed by atoms with E-state index in [0.29, 0.717) is 34.3 Å². The predicted molar refractivity (Wildman–Crippen MR) is 126 cm³/mol. The average molecular weight is 493 g/mol. The Kier molecular flexibility index (Phi) is 8.15. The molecule has 0 saturated carbocycles. The fourth-order valence-electron chi connectivity index (χ4n) is 2.97. The molecule has 0 aliphatic rings. The number of sulfonamides is 1. The van der Waals surface area contributed by atoms with Gasteiger partial charge in [-0.3, -0.25) is 4.79 Å². The SMILES string of the molecule is COc1ccc(Cl)cc1C(=O)NCCc1ccc(S(=O)(=O)NCc2ccc(Cl)cc2)cc1. The van der Waals surface area contributed by atoms with Gasteiger partial charge < -0.3 is 10.1 Å². The molecule has 0 radical (unpaired) electrons. The van der Waals surface area contributed by atoms with Gasteiger partial charge in [0.2, 0.25) is 10.0 Å². The molecule has 0 unspecified atom stereocenters. The topological polar surface area (TPSA) is 84.5 Å². The fraction of sp³-hybridized carbons (Fsp3) is 0.174. The summed E-state index contributed by atoms with van der Waals surface area (Å²) in [5, 5.41) is 3.85. The minimum Gasteiger partial charge on any atom is -0.496 e. The van der Waals surface area contributed by atoms with Crippen molar-refractivity contribution in [3.8, 4) is 5.75 Å². The molecule has 3 rings (SSSR count). The van der Waals surface area contributed by atoms with Gasteiger partial charge >= 0.3 is 0 Å². The summed E-state index contributed by atoms with van der Waals surface area (Å²) in [5.74, 6) is 0.141. The molecule has 1 amide bonds. The molecule has 0 heterocycles. The van der Waals surface area contributed by atoms with Crippen molar-refractivity contribution in [2.24, 2.45) is 0 Å². The molecule has 0 atom stereocenters. The maximum Gasteiger partial charge on any atom is 0.255 e. The van der Waals surface area contributed by atoms with Crippen LogP contribution in [0.5, 0.6) is 5.75 Å². The Morgan fingerprint density at radius 2 is 1.53 bits per heavy atom. The first kappa shape index (κ1) is 24.1. The van der Waals surface area contributed by atoms with E-state index in [4.69, 9.17) is 27.9 Å². The third-order valence-electron chi connectivity index (χ3n) is 4.72. The largest absolute Gasteiger partial charge is 0.496 e. The van der Waals surface area contributed by atoms with Crippen LogP contribution >= 0.6 is 23.2 Å². The minimum absolute atomic E-state index is 0.167. The van der Waals surface area contributed by atoms with Crippen molar-refractivity contribution >= 4 is 39.1 Å². The van der Waals surface area contributed by atoms with Crippen LogP contribution in [0.3, 0.4) is 0 Å².